The van der Waals surface area contributed by atoms with Crippen LogP contribution in [0.25, 0.3) is 0 Å². The molecule has 0 spiro atoms. The second kappa shape index (κ2) is 7.32. The minimum Gasteiger partial charge on any atom is -0.478 e. The van der Waals surface area contributed by atoms with E-state index in [4.69, 9.17) is 5.11 Å². The molecule has 2 N–H and O–H groups in total. The van der Waals surface area contributed by atoms with Gasteiger partial charge >= 0.3 is 5.97 Å². The molecule has 0 radical (unpaired) electrons. The molecule has 1 rings (SSSR count). The average molecular weight is 277 g/mol. The van der Waals surface area contributed by atoms with Gasteiger partial charge in [0.15, 0.2) is 0 Å². The van der Waals surface area contributed by atoms with Crippen LogP contribution in [0.3, 0.4) is 0 Å². The van der Waals surface area contributed by atoms with Crippen molar-refractivity contribution in [2.24, 2.45) is 5.41 Å². The molecular weight excluding hydrogens is 250 g/mol. The van der Waals surface area contributed by atoms with E-state index in [0.717, 1.165) is 17.8 Å². The maximum absolute atomic E-state index is 10.9. The molecule has 20 heavy (non-hydrogen) atoms. The molecule has 0 amide bonds. The van der Waals surface area contributed by atoms with E-state index in [9.17, 15) is 4.79 Å². The van der Waals surface area contributed by atoms with E-state index >= 15 is 0 Å². The molecule has 0 aliphatic carbocycles. The summed E-state index contributed by atoms with van der Waals surface area (Å²) >= 11 is 0. The Morgan fingerprint density at radius 2 is 2.00 bits per heavy atom. The van der Waals surface area contributed by atoms with Gasteiger partial charge in [-0.2, -0.15) is 0 Å². The van der Waals surface area contributed by atoms with Crippen molar-refractivity contribution in [1.29, 1.82) is 0 Å². The number of unbranched alkanes of at least 4 members (excludes halogenated alkanes) is 2. The maximum atomic E-state index is 10.9. The van der Waals surface area contributed by atoms with E-state index in [0.29, 0.717) is 5.56 Å². The molecule has 3 heteroatoms. The van der Waals surface area contributed by atoms with E-state index < -0.39 is 5.97 Å². The fraction of sp³-hybridized carbons (Fsp3) is 0.588. The Balaban J connectivity index is 2.58. The third kappa shape index (κ3) is 5.24. The number of carboxylic acids is 1. The molecule has 0 fully saturated rings. The molecule has 3 nitrogen and oxygen atoms in total. The van der Waals surface area contributed by atoms with Gasteiger partial charge in [0, 0.05) is 12.2 Å². The molecular formula is C17H27NO2. The van der Waals surface area contributed by atoms with Crippen LogP contribution in [0.1, 0.15) is 62.4 Å². The molecule has 0 atom stereocenters. The van der Waals surface area contributed by atoms with Crippen molar-refractivity contribution in [2.75, 3.05) is 11.9 Å². The quantitative estimate of drug-likeness (QED) is 0.676. The number of nitrogens with one attached hydrogen (secondary N) is 1. The lowest BCUT2D eigenvalue weighted by atomic mass is 9.86. The number of anilines is 1. The van der Waals surface area contributed by atoms with Crippen LogP contribution in [0, 0.1) is 12.3 Å². The summed E-state index contributed by atoms with van der Waals surface area (Å²) in [6.45, 7) is 9.62. The van der Waals surface area contributed by atoms with E-state index in [2.05, 4.69) is 26.1 Å². The van der Waals surface area contributed by atoms with Crippen LogP contribution in [0.5, 0.6) is 0 Å². The zero-order chi connectivity index (χ0) is 15.2. The Kier molecular flexibility index (Phi) is 6.05. The van der Waals surface area contributed by atoms with Crippen molar-refractivity contribution >= 4 is 11.7 Å². The first-order valence-corrected chi connectivity index (χ1v) is 7.43. The molecule has 0 saturated heterocycles. The SMILES string of the molecule is CCCCCC(C)(C)CNc1ccc(C(=O)O)cc1C. The first kappa shape index (κ1) is 16.5. The molecule has 0 unspecified atom stereocenters. The molecule has 1 aromatic carbocycles. The van der Waals surface area contributed by atoms with Gasteiger partial charge in [0.1, 0.15) is 0 Å². The second-order valence-electron chi connectivity index (χ2n) is 6.31. The van der Waals surface area contributed by atoms with Crippen molar-refractivity contribution in [3.05, 3.63) is 29.3 Å². The molecule has 0 aliphatic heterocycles. The van der Waals surface area contributed by atoms with Gasteiger partial charge in [0.25, 0.3) is 0 Å². The van der Waals surface area contributed by atoms with Crippen molar-refractivity contribution in [3.63, 3.8) is 0 Å². The highest BCUT2D eigenvalue weighted by Gasteiger charge is 2.17. The normalized spacial score (nSPS) is 11.4. The van der Waals surface area contributed by atoms with Gasteiger partial charge in [-0.25, -0.2) is 4.79 Å². The third-order valence-electron chi connectivity index (χ3n) is 3.69. The van der Waals surface area contributed by atoms with Gasteiger partial charge in [0.2, 0.25) is 0 Å². The predicted octanol–water partition coefficient (Wildman–Crippen LogP) is 4.71. The Bertz CT molecular complexity index is 452. The van der Waals surface area contributed by atoms with Gasteiger partial charge in [-0.1, -0.05) is 40.0 Å². The molecule has 0 bridgehead atoms. The molecule has 1 aromatic rings. The van der Waals surface area contributed by atoms with E-state index in [1.165, 1.54) is 25.7 Å². The monoisotopic (exact) mass is 277 g/mol. The van der Waals surface area contributed by atoms with Crippen LogP contribution in [0.15, 0.2) is 18.2 Å². The minimum absolute atomic E-state index is 0.257. The number of carbonyl (C=O) groups is 1. The molecule has 0 saturated carbocycles. The summed E-state index contributed by atoms with van der Waals surface area (Å²) in [4.78, 5) is 10.9. The van der Waals surface area contributed by atoms with Crippen molar-refractivity contribution in [1.82, 2.24) is 0 Å². The second-order valence-corrected chi connectivity index (χ2v) is 6.31. The fourth-order valence-electron chi connectivity index (χ4n) is 2.27. The number of hydrogen-bond donors (Lipinski definition) is 2. The van der Waals surface area contributed by atoms with Crippen LogP contribution >= 0.6 is 0 Å². The summed E-state index contributed by atoms with van der Waals surface area (Å²) in [5.74, 6) is -0.875. The smallest absolute Gasteiger partial charge is 0.335 e. The third-order valence-corrected chi connectivity index (χ3v) is 3.69. The summed E-state index contributed by atoms with van der Waals surface area (Å²) in [7, 11) is 0. The molecule has 112 valence electrons. The highest BCUT2D eigenvalue weighted by atomic mass is 16.4. The lowest BCUT2D eigenvalue weighted by Crippen LogP contribution is -2.23. The van der Waals surface area contributed by atoms with Crippen molar-refractivity contribution in [2.45, 2.75) is 53.4 Å². The predicted molar refractivity (Wildman–Crippen MR) is 84.6 cm³/mol. The lowest BCUT2D eigenvalue weighted by molar-refractivity contribution is 0.0697. The van der Waals surface area contributed by atoms with Crippen LogP contribution < -0.4 is 5.32 Å². The standard InChI is InChI=1S/C17H27NO2/c1-5-6-7-10-17(3,4)12-18-15-9-8-14(16(19)20)11-13(15)2/h8-9,11,18H,5-7,10,12H2,1-4H3,(H,19,20). The number of rotatable bonds is 8. The Morgan fingerprint density at radius 1 is 1.30 bits per heavy atom. The van der Waals surface area contributed by atoms with Gasteiger partial charge < -0.3 is 10.4 Å². The van der Waals surface area contributed by atoms with Crippen LogP contribution in [0.2, 0.25) is 0 Å². The topological polar surface area (TPSA) is 49.3 Å². The van der Waals surface area contributed by atoms with Crippen LogP contribution in [-0.4, -0.2) is 17.6 Å². The first-order chi connectivity index (χ1) is 9.35. The number of carboxylic acid groups (broad SMARTS) is 1. The zero-order valence-corrected chi connectivity index (χ0v) is 13.1. The van der Waals surface area contributed by atoms with E-state index in [1.54, 1.807) is 12.1 Å². The van der Waals surface area contributed by atoms with Crippen LogP contribution in [0.4, 0.5) is 5.69 Å². The number of aromatic carboxylic acids is 1. The van der Waals surface area contributed by atoms with Crippen molar-refractivity contribution < 1.29 is 9.90 Å². The number of aryl methyl sites for hydroxylation is 1. The van der Waals surface area contributed by atoms with Gasteiger partial charge in [-0.15, -0.1) is 0 Å². The highest BCUT2D eigenvalue weighted by Crippen LogP contribution is 2.25. The Hall–Kier alpha value is -1.51. The first-order valence-electron chi connectivity index (χ1n) is 7.43. The summed E-state index contributed by atoms with van der Waals surface area (Å²) in [6.07, 6.45) is 5.01. The molecule has 0 aromatic heterocycles. The average Bonchev–Trinajstić information content (AvgIpc) is 2.37. The molecule has 0 heterocycles. The van der Waals surface area contributed by atoms with E-state index in [1.807, 2.05) is 13.0 Å². The van der Waals surface area contributed by atoms with Gasteiger partial charge in [0.05, 0.1) is 5.56 Å². The summed E-state index contributed by atoms with van der Waals surface area (Å²) in [6, 6.07) is 5.23. The van der Waals surface area contributed by atoms with Crippen LogP contribution in [-0.2, 0) is 0 Å². The molecule has 0 aliphatic rings. The summed E-state index contributed by atoms with van der Waals surface area (Å²) < 4.78 is 0. The fourth-order valence-corrected chi connectivity index (χ4v) is 2.27. The Morgan fingerprint density at radius 3 is 2.55 bits per heavy atom. The van der Waals surface area contributed by atoms with E-state index in [-0.39, 0.29) is 5.41 Å². The maximum Gasteiger partial charge on any atom is 0.335 e. The highest BCUT2D eigenvalue weighted by molar-refractivity contribution is 5.88. The zero-order valence-electron chi connectivity index (χ0n) is 13.1. The van der Waals surface area contributed by atoms with Gasteiger partial charge in [-0.3, -0.25) is 0 Å². The van der Waals surface area contributed by atoms with Crippen molar-refractivity contribution in [3.8, 4) is 0 Å². The summed E-state index contributed by atoms with van der Waals surface area (Å²) in [5.41, 5.74) is 2.61. The minimum atomic E-state index is -0.875. The largest absolute Gasteiger partial charge is 0.478 e. The number of benzene rings is 1. The van der Waals surface area contributed by atoms with Gasteiger partial charge in [-0.05, 0) is 42.5 Å². The Labute approximate surface area is 122 Å². The lowest BCUT2D eigenvalue weighted by Gasteiger charge is -2.26. The number of hydrogen-bond acceptors (Lipinski definition) is 2. The summed E-state index contributed by atoms with van der Waals surface area (Å²) in [5, 5.41) is 12.4.